The molecule has 0 aromatic heterocycles. The summed E-state index contributed by atoms with van der Waals surface area (Å²) in [5.41, 5.74) is -11.1. The Morgan fingerprint density at radius 1 is 1.13 bits per heavy atom. The minimum absolute atomic E-state index is 0.224. The van der Waals surface area contributed by atoms with E-state index in [-0.39, 0.29) is 12.8 Å². The highest BCUT2D eigenvalue weighted by Gasteiger charge is 2.54. The monoisotopic (exact) mass is 486 g/mol. The van der Waals surface area contributed by atoms with Crippen molar-refractivity contribution in [2.75, 3.05) is 0 Å². The first-order valence-corrected chi connectivity index (χ1v) is 11.1. The van der Waals surface area contributed by atoms with Gasteiger partial charge in [0.2, 0.25) is 0 Å². The van der Waals surface area contributed by atoms with Crippen LogP contribution in [0.3, 0.4) is 0 Å². The van der Waals surface area contributed by atoms with Crippen molar-refractivity contribution in [2.45, 2.75) is 66.8 Å². The number of esters is 2. The Morgan fingerprint density at radius 3 is 2.10 bits per heavy atom. The van der Waals surface area contributed by atoms with Gasteiger partial charge in [0, 0.05) is 12.5 Å². The van der Waals surface area contributed by atoms with Gasteiger partial charge in [-0.2, -0.15) is 26.3 Å². The van der Waals surface area contributed by atoms with Crippen LogP contribution in [0.4, 0.5) is 26.3 Å². The van der Waals surface area contributed by atoms with Crippen molar-refractivity contribution < 1.29 is 53.8 Å². The Hall–Kier alpha value is -1.44. The number of thioether (sulfide) groups is 1. The molecule has 0 N–H and O–H groups in total. The molecule has 14 heteroatoms. The van der Waals surface area contributed by atoms with Crippen molar-refractivity contribution in [3.05, 3.63) is 12.7 Å². The van der Waals surface area contributed by atoms with Crippen LogP contribution in [-0.4, -0.2) is 48.2 Å². The van der Waals surface area contributed by atoms with Gasteiger partial charge in [0.15, 0.2) is 0 Å². The smallest absolute Gasteiger partial charge is 0.462 e. The molecule has 174 valence electrons. The molecule has 1 rings (SSSR count). The Morgan fingerprint density at radius 2 is 1.67 bits per heavy atom. The Kier molecular flexibility index (Phi) is 9.08. The molecule has 0 bridgehead atoms. The molecule has 1 aliphatic carbocycles. The highest BCUT2D eigenvalue weighted by Crippen LogP contribution is 2.43. The van der Waals surface area contributed by atoms with Crippen LogP contribution in [0.2, 0.25) is 0 Å². The summed E-state index contributed by atoms with van der Waals surface area (Å²) in [6, 6.07) is 0. The number of halogens is 6. The number of sulfone groups is 1. The third-order valence-electron chi connectivity index (χ3n) is 4.23. The van der Waals surface area contributed by atoms with Crippen LogP contribution in [-0.2, 0) is 28.9 Å². The fourth-order valence-corrected chi connectivity index (χ4v) is 5.43. The SMILES string of the molecule is C=CC(=O)OC1CCC(C(=O)OC(C)CC(SC(F)(F)F)S(=O)(=O)C(F)(F)F)CC1. The van der Waals surface area contributed by atoms with E-state index in [9.17, 15) is 44.3 Å². The predicted octanol–water partition coefficient (Wildman–Crippen LogP) is 4.11. The molecular weight excluding hydrogens is 466 g/mol. The Labute approximate surface area is 173 Å². The zero-order chi connectivity index (χ0) is 23.3. The molecule has 2 atom stereocenters. The second kappa shape index (κ2) is 10.2. The first kappa shape index (κ1) is 26.6. The van der Waals surface area contributed by atoms with Crippen LogP contribution in [0.5, 0.6) is 0 Å². The zero-order valence-electron chi connectivity index (χ0n) is 15.7. The van der Waals surface area contributed by atoms with Crippen molar-refractivity contribution >= 4 is 33.5 Å². The molecule has 0 radical (unpaired) electrons. The molecule has 0 saturated heterocycles. The first-order chi connectivity index (χ1) is 13.6. The first-order valence-electron chi connectivity index (χ1n) is 8.65. The van der Waals surface area contributed by atoms with E-state index in [1.54, 1.807) is 0 Å². The lowest BCUT2D eigenvalue weighted by molar-refractivity contribution is -0.156. The van der Waals surface area contributed by atoms with E-state index in [0.29, 0.717) is 12.8 Å². The number of hydrogen-bond acceptors (Lipinski definition) is 7. The number of carbonyl (C=O) groups excluding carboxylic acids is 2. The summed E-state index contributed by atoms with van der Waals surface area (Å²) in [5.74, 6) is -2.19. The minimum atomic E-state index is -6.15. The molecule has 1 aliphatic rings. The van der Waals surface area contributed by atoms with Crippen LogP contribution < -0.4 is 0 Å². The largest absolute Gasteiger partial charge is 0.498 e. The maximum Gasteiger partial charge on any atom is 0.498 e. The van der Waals surface area contributed by atoms with E-state index in [2.05, 4.69) is 6.58 Å². The van der Waals surface area contributed by atoms with Crippen LogP contribution in [0.1, 0.15) is 39.0 Å². The van der Waals surface area contributed by atoms with Gasteiger partial charge in [0.05, 0.1) is 5.92 Å². The van der Waals surface area contributed by atoms with Gasteiger partial charge in [-0.3, -0.25) is 4.79 Å². The fraction of sp³-hybridized carbons (Fsp3) is 0.750. The van der Waals surface area contributed by atoms with Gasteiger partial charge >= 0.3 is 23.0 Å². The van der Waals surface area contributed by atoms with Gasteiger partial charge in [-0.1, -0.05) is 6.58 Å². The summed E-state index contributed by atoms with van der Waals surface area (Å²) in [6.07, 6.45) is -1.10. The molecule has 6 nitrogen and oxygen atoms in total. The zero-order valence-corrected chi connectivity index (χ0v) is 17.3. The average Bonchev–Trinajstić information content (AvgIpc) is 2.59. The van der Waals surface area contributed by atoms with Gasteiger partial charge < -0.3 is 9.47 Å². The Bertz CT molecular complexity index is 725. The normalized spacial score (nSPS) is 22.6. The molecule has 30 heavy (non-hydrogen) atoms. The predicted molar refractivity (Wildman–Crippen MR) is 94.6 cm³/mol. The molecule has 0 aromatic carbocycles. The maximum absolute atomic E-state index is 12.7. The lowest BCUT2D eigenvalue weighted by Crippen LogP contribution is -2.37. The third-order valence-corrected chi connectivity index (χ3v) is 7.53. The highest BCUT2D eigenvalue weighted by atomic mass is 32.3. The number of rotatable bonds is 8. The lowest BCUT2D eigenvalue weighted by atomic mass is 9.87. The summed E-state index contributed by atoms with van der Waals surface area (Å²) < 4.78 is 106. The lowest BCUT2D eigenvalue weighted by Gasteiger charge is -2.28. The summed E-state index contributed by atoms with van der Waals surface area (Å²) in [6.45, 7) is 4.27. The van der Waals surface area contributed by atoms with Gasteiger partial charge in [-0.15, -0.1) is 0 Å². The second-order valence-electron chi connectivity index (χ2n) is 6.58. The number of alkyl halides is 6. The minimum Gasteiger partial charge on any atom is -0.462 e. The van der Waals surface area contributed by atoms with Gasteiger partial charge in [0.25, 0.3) is 9.84 Å². The number of hydrogen-bond donors (Lipinski definition) is 0. The van der Waals surface area contributed by atoms with Crippen molar-refractivity contribution in [2.24, 2.45) is 5.92 Å². The molecule has 2 unspecified atom stereocenters. The molecular formula is C16H20F6O6S2. The standard InChI is InChI=1S/C16H20F6O6S2/c1-3-12(23)28-11-6-4-10(5-7-11)14(24)27-9(2)8-13(29-15(17,18)19)30(25,26)16(20,21)22/h3,9-11,13H,1,4-8H2,2H3. The molecule has 0 aromatic rings. The van der Waals surface area contributed by atoms with E-state index >= 15 is 0 Å². The van der Waals surface area contributed by atoms with Crippen molar-refractivity contribution in [3.63, 3.8) is 0 Å². The molecule has 1 fully saturated rings. The molecule has 0 spiro atoms. The summed E-state index contributed by atoms with van der Waals surface area (Å²) in [5, 5.41) is 0. The number of ether oxygens (including phenoxy) is 2. The molecule has 0 amide bonds. The Balaban J connectivity index is 2.71. The van der Waals surface area contributed by atoms with E-state index < -0.39 is 73.7 Å². The molecule has 0 aliphatic heterocycles. The molecule has 1 saturated carbocycles. The van der Waals surface area contributed by atoms with Gasteiger partial charge in [-0.05, 0) is 44.4 Å². The van der Waals surface area contributed by atoms with Crippen LogP contribution >= 0.6 is 11.8 Å². The van der Waals surface area contributed by atoms with E-state index in [4.69, 9.17) is 9.47 Å². The summed E-state index contributed by atoms with van der Waals surface area (Å²) in [4.78, 5) is 23.3. The van der Waals surface area contributed by atoms with Crippen molar-refractivity contribution in [3.8, 4) is 0 Å². The quantitative estimate of drug-likeness (QED) is 0.290. The van der Waals surface area contributed by atoms with Gasteiger partial charge in [0.1, 0.15) is 16.8 Å². The van der Waals surface area contributed by atoms with Crippen LogP contribution in [0, 0.1) is 5.92 Å². The highest BCUT2D eigenvalue weighted by molar-refractivity contribution is 8.14. The van der Waals surface area contributed by atoms with Crippen molar-refractivity contribution in [1.29, 1.82) is 0 Å². The van der Waals surface area contributed by atoms with E-state index in [0.717, 1.165) is 13.0 Å². The van der Waals surface area contributed by atoms with Crippen LogP contribution in [0.15, 0.2) is 12.7 Å². The topological polar surface area (TPSA) is 86.7 Å². The van der Waals surface area contributed by atoms with Crippen LogP contribution in [0.25, 0.3) is 0 Å². The van der Waals surface area contributed by atoms with Crippen molar-refractivity contribution in [1.82, 2.24) is 0 Å². The van der Waals surface area contributed by atoms with Gasteiger partial charge in [-0.25, -0.2) is 13.2 Å². The summed E-state index contributed by atoms with van der Waals surface area (Å²) >= 11 is -1.32. The third kappa shape index (κ3) is 8.00. The van der Waals surface area contributed by atoms with E-state index in [1.165, 1.54) is 0 Å². The second-order valence-corrected chi connectivity index (χ2v) is 10.3. The average molecular weight is 486 g/mol. The fourth-order valence-electron chi connectivity index (χ4n) is 2.78. The number of carbonyl (C=O) groups is 2. The summed E-state index contributed by atoms with van der Waals surface area (Å²) in [7, 11) is -6.15. The molecule has 0 heterocycles. The maximum atomic E-state index is 12.7. The van der Waals surface area contributed by atoms with E-state index in [1.807, 2.05) is 0 Å².